The molecule has 0 spiro atoms. The molecule has 1 atom stereocenters. The summed E-state index contributed by atoms with van der Waals surface area (Å²) < 4.78 is 0. The zero-order chi connectivity index (χ0) is 6.04. The SMILES string of the molecule is CC1(C=O)NC=CS1. The summed E-state index contributed by atoms with van der Waals surface area (Å²) in [5.41, 5.74) is 0. The quantitative estimate of drug-likeness (QED) is 0.529. The Hall–Kier alpha value is -0.440. The summed E-state index contributed by atoms with van der Waals surface area (Å²) in [6, 6.07) is 0. The minimum Gasteiger partial charge on any atom is -0.370 e. The van der Waals surface area contributed by atoms with Crippen molar-refractivity contribution in [2.45, 2.75) is 11.8 Å². The lowest BCUT2D eigenvalue weighted by Crippen LogP contribution is -2.32. The van der Waals surface area contributed by atoms with Crippen LogP contribution >= 0.6 is 11.8 Å². The standard InChI is InChI=1S/C5H7NOS/c1-5(4-7)6-2-3-8-5/h2-4,6H,1H3. The summed E-state index contributed by atoms with van der Waals surface area (Å²) in [5.74, 6) is 0. The Morgan fingerprint density at radius 1 is 1.88 bits per heavy atom. The van der Waals surface area contributed by atoms with E-state index in [1.54, 1.807) is 6.20 Å². The van der Waals surface area contributed by atoms with Gasteiger partial charge >= 0.3 is 0 Å². The molecule has 0 saturated heterocycles. The van der Waals surface area contributed by atoms with Crippen LogP contribution in [0.3, 0.4) is 0 Å². The highest BCUT2D eigenvalue weighted by Crippen LogP contribution is 2.24. The molecule has 0 bridgehead atoms. The molecule has 0 fully saturated rings. The highest BCUT2D eigenvalue weighted by atomic mass is 32.2. The number of hydrogen-bond donors (Lipinski definition) is 1. The van der Waals surface area contributed by atoms with Gasteiger partial charge in [0.2, 0.25) is 0 Å². The van der Waals surface area contributed by atoms with Crippen LogP contribution in [0, 0.1) is 0 Å². The van der Waals surface area contributed by atoms with Crippen molar-refractivity contribution in [2.24, 2.45) is 0 Å². The summed E-state index contributed by atoms with van der Waals surface area (Å²) in [5, 5.41) is 4.77. The van der Waals surface area contributed by atoms with E-state index in [2.05, 4.69) is 5.32 Å². The Morgan fingerprint density at radius 3 is 2.88 bits per heavy atom. The van der Waals surface area contributed by atoms with Gasteiger partial charge < -0.3 is 5.32 Å². The van der Waals surface area contributed by atoms with Crippen LogP contribution in [0.1, 0.15) is 6.92 Å². The third-order valence-corrected chi connectivity index (χ3v) is 1.95. The fraction of sp³-hybridized carbons (Fsp3) is 0.400. The molecule has 2 nitrogen and oxygen atoms in total. The highest BCUT2D eigenvalue weighted by molar-refractivity contribution is 8.04. The Balaban J connectivity index is 2.58. The second-order valence-electron chi connectivity index (χ2n) is 1.79. The number of carbonyl (C=O) groups excluding carboxylic acids is 1. The van der Waals surface area contributed by atoms with Crippen LogP contribution in [-0.4, -0.2) is 11.2 Å². The van der Waals surface area contributed by atoms with Crippen LogP contribution in [0.2, 0.25) is 0 Å². The van der Waals surface area contributed by atoms with Gasteiger partial charge in [0.1, 0.15) is 4.87 Å². The van der Waals surface area contributed by atoms with E-state index in [1.807, 2.05) is 12.3 Å². The predicted octanol–water partition coefficient (Wildman–Crippen LogP) is 0.709. The van der Waals surface area contributed by atoms with Crippen LogP contribution in [-0.2, 0) is 4.79 Å². The summed E-state index contributed by atoms with van der Waals surface area (Å²) in [6.45, 7) is 1.84. The van der Waals surface area contributed by atoms with Gasteiger partial charge in [-0.25, -0.2) is 0 Å². The topological polar surface area (TPSA) is 29.1 Å². The first kappa shape index (κ1) is 5.69. The van der Waals surface area contributed by atoms with Crippen LogP contribution in [0.4, 0.5) is 0 Å². The Morgan fingerprint density at radius 2 is 2.62 bits per heavy atom. The third kappa shape index (κ3) is 0.865. The Bertz CT molecular complexity index is 124. The van der Waals surface area contributed by atoms with Gasteiger partial charge in [-0.15, -0.1) is 0 Å². The van der Waals surface area contributed by atoms with E-state index in [0.29, 0.717) is 0 Å². The minimum atomic E-state index is -0.389. The molecule has 8 heavy (non-hydrogen) atoms. The molecule has 3 heteroatoms. The maximum absolute atomic E-state index is 10.2. The molecule has 1 aliphatic heterocycles. The van der Waals surface area contributed by atoms with Crippen molar-refractivity contribution >= 4 is 18.0 Å². The van der Waals surface area contributed by atoms with Crippen molar-refractivity contribution < 1.29 is 4.79 Å². The molecule has 1 heterocycles. The number of hydrogen-bond acceptors (Lipinski definition) is 3. The Kier molecular flexibility index (Phi) is 1.29. The highest BCUT2D eigenvalue weighted by Gasteiger charge is 2.23. The van der Waals surface area contributed by atoms with E-state index >= 15 is 0 Å². The van der Waals surface area contributed by atoms with Gasteiger partial charge in [-0.1, -0.05) is 11.8 Å². The molecule has 0 aliphatic carbocycles. The van der Waals surface area contributed by atoms with Gasteiger partial charge in [-0.2, -0.15) is 0 Å². The number of carbonyl (C=O) groups is 1. The van der Waals surface area contributed by atoms with E-state index in [-0.39, 0.29) is 4.87 Å². The van der Waals surface area contributed by atoms with Crippen molar-refractivity contribution in [3.8, 4) is 0 Å². The second kappa shape index (κ2) is 1.82. The lowest BCUT2D eigenvalue weighted by molar-refractivity contribution is -0.109. The second-order valence-corrected chi connectivity index (χ2v) is 3.15. The maximum Gasteiger partial charge on any atom is 0.155 e. The average Bonchev–Trinajstić information content (AvgIpc) is 2.17. The molecule has 1 unspecified atom stereocenters. The lowest BCUT2D eigenvalue weighted by Gasteiger charge is -2.13. The first-order chi connectivity index (χ1) is 3.77. The van der Waals surface area contributed by atoms with Gasteiger partial charge in [-0.05, 0) is 12.3 Å². The van der Waals surface area contributed by atoms with Gasteiger partial charge in [0.05, 0.1) is 0 Å². The summed E-state index contributed by atoms with van der Waals surface area (Å²) in [7, 11) is 0. The fourth-order valence-electron chi connectivity index (χ4n) is 0.471. The largest absolute Gasteiger partial charge is 0.370 e. The van der Waals surface area contributed by atoms with Crippen molar-refractivity contribution in [3.63, 3.8) is 0 Å². The monoisotopic (exact) mass is 129 g/mol. The molecule has 1 rings (SSSR count). The average molecular weight is 129 g/mol. The zero-order valence-electron chi connectivity index (χ0n) is 4.55. The van der Waals surface area contributed by atoms with Gasteiger partial charge in [0, 0.05) is 6.20 Å². The molecule has 0 saturated carbocycles. The smallest absolute Gasteiger partial charge is 0.155 e. The molecule has 0 aromatic heterocycles. The van der Waals surface area contributed by atoms with E-state index in [0.717, 1.165) is 6.29 Å². The van der Waals surface area contributed by atoms with Crippen LogP contribution < -0.4 is 5.32 Å². The molecule has 1 aliphatic rings. The number of rotatable bonds is 1. The van der Waals surface area contributed by atoms with Gasteiger partial charge in [0.15, 0.2) is 6.29 Å². The molecule has 0 amide bonds. The molecule has 0 radical (unpaired) electrons. The molecular formula is C5H7NOS. The van der Waals surface area contributed by atoms with Crippen LogP contribution in [0.5, 0.6) is 0 Å². The number of thioether (sulfide) groups is 1. The maximum atomic E-state index is 10.2. The molecule has 1 N–H and O–H groups in total. The van der Waals surface area contributed by atoms with E-state index in [4.69, 9.17) is 0 Å². The molecular weight excluding hydrogens is 122 g/mol. The summed E-state index contributed by atoms with van der Waals surface area (Å²) >= 11 is 1.48. The molecule has 0 aromatic rings. The van der Waals surface area contributed by atoms with Crippen LogP contribution in [0.15, 0.2) is 11.6 Å². The van der Waals surface area contributed by atoms with Gasteiger partial charge in [-0.3, -0.25) is 4.79 Å². The zero-order valence-corrected chi connectivity index (χ0v) is 5.37. The van der Waals surface area contributed by atoms with Gasteiger partial charge in [0.25, 0.3) is 0 Å². The van der Waals surface area contributed by atoms with E-state index in [1.165, 1.54) is 11.8 Å². The lowest BCUT2D eigenvalue weighted by atomic mass is 10.4. The third-order valence-electron chi connectivity index (χ3n) is 0.976. The summed E-state index contributed by atoms with van der Waals surface area (Å²) in [6.07, 6.45) is 2.68. The van der Waals surface area contributed by atoms with E-state index in [9.17, 15) is 4.79 Å². The number of nitrogens with one attached hydrogen (secondary N) is 1. The molecule has 44 valence electrons. The van der Waals surface area contributed by atoms with Crippen molar-refractivity contribution in [1.29, 1.82) is 0 Å². The first-order valence-electron chi connectivity index (χ1n) is 2.34. The number of aldehydes is 1. The molecule has 0 aromatic carbocycles. The Labute approximate surface area is 52.3 Å². The van der Waals surface area contributed by atoms with Crippen molar-refractivity contribution in [1.82, 2.24) is 5.32 Å². The summed E-state index contributed by atoms with van der Waals surface area (Å²) in [4.78, 5) is 9.82. The normalized spacial score (nSPS) is 34.6. The van der Waals surface area contributed by atoms with Crippen molar-refractivity contribution in [3.05, 3.63) is 11.6 Å². The minimum absolute atomic E-state index is 0.389. The van der Waals surface area contributed by atoms with E-state index < -0.39 is 0 Å². The van der Waals surface area contributed by atoms with Crippen molar-refractivity contribution in [2.75, 3.05) is 0 Å². The predicted molar refractivity (Wildman–Crippen MR) is 34.3 cm³/mol. The van der Waals surface area contributed by atoms with Crippen LogP contribution in [0.25, 0.3) is 0 Å². The fourth-order valence-corrected chi connectivity index (χ4v) is 1.08. The first-order valence-corrected chi connectivity index (χ1v) is 3.22.